The number of hydrogen-bond acceptors (Lipinski definition) is 5. The Labute approximate surface area is 120 Å². The van der Waals surface area contributed by atoms with Gasteiger partial charge in [0.1, 0.15) is 5.69 Å². The van der Waals surface area contributed by atoms with Crippen LogP contribution in [0.15, 0.2) is 23.1 Å². The normalized spacial score (nSPS) is 15.4. The third kappa shape index (κ3) is 4.55. The van der Waals surface area contributed by atoms with E-state index in [2.05, 4.69) is 5.32 Å². The van der Waals surface area contributed by atoms with Gasteiger partial charge in [-0.2, -0.15) is 0 Å². The molecule has 0 fully saturated rings. The van der Waals surface area contributed by atoms with E-state index in [0.29, 0.717) is 12.1 Å². The number of rotatable bonds is 7. The molecule has 3 atom stereocenters. The average molecular weight is 301 g/mol. The van der Waals surface area contributed by atoms with E-state index < -0.39 is 16.0 Å². The van der Waals surface area contributed by atoms with Crippen LogP contribution in [0.25, 0.3) is 0 Å². The smallest absolute Gasteiger partial charge is 0.293 e. The van der Waals surface area contributed by atoms with E-state index in [1.54, 1.807) is 0 Å². The van der Waals surface area contributed by atoms with Crippen LogP contribution in [0.3, 0.4) is 0 Å². The first-order valence-electron chi connectivity index (χ1n) is 6.26. The predicted octanol–water partition coefficient (Wildman–Crippen LogP) is 2.10. The molecule has 0 radical (unpaired) electrons. The quantitative estimate of drug-likeness (QED) is 0.403. The summed E-state index contributed by atoms with van der Waals surface area (Å²) in [5.74, 6) is 0. The molecule has 8 heteroatoms. The van der Waals surface area contributed by atoms with Gasteiger partial charge in [-0.25, -0.2) is 4.21 Å². The topological polar surface area (TPSA) is 118 Å². The summed E-state index contributed by atoms with van der Waals surface area (Å²) in [7, 11) is 0. The highest BCUT2D eigenvalue weighted by atomic mass is 32.2. The van der Waals surface area contributed by atoms with Gasteiger partial charge in [0.15, 0.2) is 11.1 Å². The maximum Gasteiger partial charge on any atom is 0.293 e. The van der Waals surface area contributed by atoms with Crippen molar-refractivity contribution in [2.45, 2.75) is 43.7 Å². The second-order valence-corrected chi connectivity index (χ2v) is 5.60. The van der Waals surface area contributed by atoms with Gasteiger partial charge in [-0.3, -0.25) is 10.1 Å². The SMILES string of the molecule is CCC(N)CC(C)Nc1ccc(S(=O)O)cc1[N+](=O)[O-]. The number of nitro groups is 1. The number of nitrogens with one attached hydrogen (secondary N) is 1. The molecule has 3 unspecified atom stereocenters. The maximum atomic E-state index is 11.0. The number of nitrogens with zero attached hydrogens (tertiary/aromatic N) is 1. The fraction of sp³-hybridized carbons (Fsp3) is 0.500. The molecule has 0 heterocycles. The minimum absolute atomic E-state index is 0.000151. The second kappa shape index (κ2) is 7.32. The summed E-state index contributed by atoms with van der Waals surface area (Å²) >= 11 is -2.24. The zero-order valence-corrected chi connectivity index (χ0v) is 12.2. The van der Waals surface area contributed by atoms with Crippen LogP contribution in [-0.2, 0) is 11.1 Å². The van der Waals surface area contributed by atoms with Crippen molar-refractivity contribution in [1.29, 1.82) is 0 Å². The van der Waals surface area contributed by atoms with Crippen molar-refractivity contribution in [3.05, 3.63) is 28.3 Å². The fourth-order valence-electron chi connectivity index (χ4n) is 1.84. The highest BCUT2D eigenvalue weighted by Gasteiger charge is 2.18. The number of hydrogen-bond donors (Lipinski definition) is 3. The minimum atomic E-state index is -2.24. The summed E-state index contributed by atoms with van der Waals surface area (Å²) in [4.78, 5) is 10.4. The van der Waals surface area contributed by atoms with Gasteiger partial charge in [0.2, 0.25) is 0 Å². The molecule has 7 nitrogen and oxygen atoms in total. The van der Waals surface area contributed by atoms with E-state index in [-0.39, 0.29) is 22.7 Å². The molecule has 0 amide bonds. The van der Waals surface area contributed by atoms with Crippen molar-refractivity contribution in [3.8, 4) is 0 Å². The summed E-state index contributed by atoms with van der Waals surface area (Å²) in [6.45, 7) is 3.86. The lowest BCUT2D eigenvalue weighted by Gasteiger charge is -2.18. The zero-order valence-electron chi connectivity index (χ0n) is 11.4. The molecule has 0 saturated carbocycles. The van der Waals surface area contributed by atoms with E-state index in [9.17, 15) is 14.3 Å². The molecule has 1 aromatic rings. The van der Waals surface area contributed by atoms with Crippen molar-refractivity contribution in [1.82, 2.24) is 0 Å². The molecule has 0 aliphatic carbocycles. The van der Waals surface area contributed by atoms with Crippen molar-refractivity contribution in [2.24, 2.45) is 5.73 Å². The van der Waals surface area contributed by atoms with Crippen molar-refractivity contribution < 1.29 is 13.7 Å². The molecule has 0 aliphatic heterocycles. The summed E-state index contributed by atoms with van der Waals surface area (Å²) < 4.78 is 19.9. The monoisotopic (exact) mass is 301 g/mol. The molecule has 1 aromatic carbocycles. The van der Waals surface area contributed by atoms with Gasteiger partial charge in [0.05, 0.1) is 9.82 Å². The third-order valence-electron chi connectivity index (χ3n) is 2.95. The Morgan fingerprint density at radius 3 is 2.70 bits per heavy atom. The molecule has 0 aliphatic rings. The van der Waals surface area contributed by atoms with Gasteiger partial charge >= 0.3 is 0 Å². The van der Waals surface area contributed by atoms with Crippen LogP contribution in [-0.4, -0.2) is 25.8 Å². The largest absolute Gasteiger partial charge is 0.377 e. The van der Waals surface area contributed by atoms with Crippen molar-refractivity contribution in [3.63, 3.8) is 0 Å². The van der Waals surface area contributed by atoms with Gasteiger partial charge in [-0.05, 0) is 31.9 Å². The molecular formula is C12H19N3O4S. The number of nitrogens with two attached hydrogens (primary N) is 1. The van der Waals surface area contributed by atoms with Gasteiger partial charge in [-0.1, -0.05) is 6.92 Å². The van der Waals surface area contributed by atoms with E-state index in [0.717, 1.165) is 12.5 Å². The third-order valence-corrected chi connectivity index (χ3v) is 3.61. The maximum absolute atomic E-state index is 11.0. The molecule has 1 rings (SSSR count). The molecule has 0 spiro atoms. The van der Waals surface area contributed by atoms with Crippen LogP contribution in [0.4, 0.5) is 11.4 Å². The van der Waals surface area contributed by atoms with Crippen LogP contribution >= 0.6 is 0 Å². The predicted molar refractivity (Wildman–Crippen MR) is 78.1 cm³/mol. The minimum Gasteiger partial charge on any atom is -0.377 e. The van der Waals surface area contributed by atoms with Crippen LogP contribution in [0, 0.1) is 10.1 Å². The number of anilines is 1. The zero-order chi connectivity index (χ0) is 15.3. The van der Waals surface area contributed by atoms with Crippen LogP contribution < -0.4 is 11.1 Å². The highest BCUT2D eigenvalue weighted by Crippen LogP contribution is 2.27. The van der Waals surface area contributed by atoms with Gasteiger partial charge < -0.3 is 15.6 Å². The summed E-state index contributed by atoms with van der Waals surface area (Å²) in [6, 6.07) is 3.92. The van der Waals surface area contributed by atoms with Crippen molar-refractivity contribution in [2.75, 3.05) is 5.32 Å². The Morgan fingerprint density at radius 1 is 1.55 bits per heavy atom. The van der Waals surface area contributed by atoms with E-state index in [1.807, 2.05) is 13.8 Å². The first-order valence-corrected chi connectivity index (χ1v) is 7.37. The lowest BCUT2D eigenvalue weighted by molar-refractivity contribution is -0.384. The Kier molecular flexibility index (Phi) is 6.05. The van der Waals surface area contributed by atoms with Crippen LogP contribution in [0.1, 0.15) is 26.7 Å². The standard InChI is InChI=1S/C12H19N3O4S/c1-3-9(13)6-8(2)14-11-5-4-10(20(18)19)7-12(11)15(16)17/h4-5,7-9,14H,3,6,13H2,1-2H3,(H,18,19). The van der Waals surface area contributed by atoms with Crippen LogP contribution in [0.5, 0.6) is 0 Å². The van der Waals surface area contributed by atoms with E-state index in [4.69, 9.17) is 10.3 Å². The molecule has 0 bridgehead atoms. The molecule has 112 valence electrons. The Balaban J connectivity index is 2.94. The molecular weight excluding hydrogens is 282 g/mol. The highest BCUT2D eigenvalue weighted by molar-refractivity contribution is 7.79. The van der Waals surface area contributed by atoms with E-state index >= 15 is 0 Å². The lowest BCUT2D eigenvalue weighted by Crippen LogP contribution is -2.28. The summed E-state index contributed by atoms with van der Waals surface area (Å²) in [5, 5.41) is 14.0. The van der Waals surface area contributed by atoms with Crippen molar-refractivity contribution >= 4 is 22.5 Å². The molecule has 0 aromatic heterocycles. The van der Waals surface area contributed by atoms with Gasteiger partial charge in [0.25, 0.3) is 5.69 Å². The molecule has 0 saturated heterocycles. The Hall–Kier alpha value is -1.51. The summed E-state index contributed by atoms with van der Waals surface area (Å²) in [6.07, 6.45) is 1.51. The number of benzene rings is 1. The first kappa shape index (κ1) is 16.5. The van der Waals surface area contributed by atoms with Gasteiger partial charge in [0, 0.05) is 18.2 Å². The van der Waals surface area contributed by atoms with Crippen LogP contribution in [0.2, 0.25) is 0 Å². The van der Waals surface area contributed by atoms with Gasteiger partial charge in [-0.15, -0.1) is 0 Å². The van der Waals surface area contributed by atoms with E-state index in [1.165, 1.54) is 12.1 Å². The average Bonchev–Trinajstić information content (AvgIpc) is 2.38. The molecule has 20 heavy (non-hydrogen) atoms. The first-order chi connectivity index (χ1) is 9.35. The Morgan fingerprint density at radius 2 is 2.20 bits per heavy atom. The Bertz CT molecular complexity index is 509. The molecule has 4 N–H and O–H groups in total. The number of nitro benzene ring substituents is 1. The second-order valence-electron chi connectivity index (χ2n) is 4.63. The fourth-order valence-corrected chi connectivity index (χ4v) is 2.24. The lowest BCUT2D eigenvalue weighted by atomic mass is 10.1. The summed E-state index contributed by atoms with van der Waals surface area (Å²) in [5.41, 5.74) is 5.94.